The van der Waals surface area contributed by atoms with Gasteiger partial charge in [-0.2, -0.15) is 0 Å². The number of ketones is 1. The lowest BCUT2D eigenvalue weighted by Crippen LogP contribution is -2.52. The van der Waals surface area contributed by atoms with Crippen molar-refractivity contribution in [3.63, 3.8) is 0 Å². The zero-order valence-electron chi connectivity index (χ0n) is 16.2. The highest BCUT2D eigenvalue weighted by Crippen LogP contribution is 2.65. The SMILES string of the molecule is CCC(=O)O[C@H]1[C@H](F)C[C@H]2[C@@H]3CCC4=CC(=O)CC[C@]4(C)[C@H]3CC[C@@]21C. The summed E-state index contributed by atoms with van der Waals surface area (Å²) in [5, 5.41) is 0. The molecule has 0 spiro atoms. The molecule has 0 radical (unpaired) electrons. The molecule has 0 amide bonds. The van der Waals surface area contributed by atoms with Crippen LogP contribution in [-0.4, -0.2) is 24.0 Å². The Bertz CT molecular complexity index is 656. The molecule has 0 saturated heterocycles. The molecule has 26 heavy (non-hydrogen) atoms. The first-order valence-corrected chi connectivity index (χ1v) is 10.4. The van der Waals surface area contributed by atoms with Gasteiger partial charge in [-0.3, -0.25) is 9.59 Å². The molecule has 4 aliphatic carbocycles. The number of fused-ring (bicyclic) bond motifs is 5. The van der Waals surface area contributed by atoms with Crippen LogP contribution in [0.25, 0.3) is 0 Å². The number of halogens is 1. The highest BCUT2D eigenvalue weighted by atomic mass is 19.1. The van der Waals surface area contributed by atoms with E-state index >= 15 is 0 Å². The van der Waals surface area contributed by atoms with Crippen LogP contribution in [0.15, 0.2) is 11.6 Å². The average Bonchev–Trinajstić information content (AvgIpc) is 2.86. The zero-order chi connectivity index (χ0) is 18.7. The van der Waals surface area contributed by atoms with E-state index in [0.29, 0.717) is 31.1 Å². The van der Waals surface area contributed by atoms with Crippen molar-refractivity contribution in [3.05, 3.63) is 11.6 Å². The molecule has 0 bridgehead atoms. The van der Waals surface area contributed by atoms with Gasteiger partial charge >= 0.3 is 5.97 Å². The molecule has 3 saturated carbocycles. The van der Waals surface area contributed by atoms with Crippen LogP contribution in [0.3, 0.4) is 0 Å². The quantitative estimate of drug-likeness (QED) is 0.664. The van der Waals surface area contributed by atoms with Gasteiger partial charge in [0.25, 0.3) is 0 Å². The van der Waals surface area contributed by atoms with Gasteiger partial charge in [0.05, 0.1) is 0 Å². The van der Waals surface area contributed by atoms with Crippen molar-refractivity contribution < 1.29 is 18.7 Å². The first-order valence-electron chi connectivity index (χ1n) is 10.4. The number of alkyl halides is 1. The Morgan fingerprint density at radius 2 is 2.00 bits per heavy atom. The minimum atomic E-state index is -1.04. The molecule has 4 aliphatic rings. The van der Waals surface area contributed by atoms with Gasteiger partial charge in [-0.05, 0) is 67.8 Å². The fourth-order valence-electron chi connectivity index (χ4n) is 6.92. The molecule has 0 heterocycles. The Labute approximate surface area is 155 Å². The van der Waals surface area contributed by atoms with Gasteiger partial charge in [0, 0.05) is 18.3 Å². The highest BCUT2D eigenvalue weighted by Gasteiger charge is 2.63. The molecule has 144 valence electrons. The van der Waals surface area contributed by atoms with Gasteiger partial charge in [-0.25, -0.2) is 4.39 Å². The van der Waals surface area contributed by atoms with E-state index in [9.17, 15) is 14.0 Å². The van der Waals surface area contributed by atoms with Gasteiger partial charge < -0.3 is 4.74 Å². The molecule has 0 aliphatic heterocycles. The standard InChI is InChI=1S/C22H31FO3/c1-4-19(25)26-20-18(23)12-17-15-6-5-13-11-14(24)7-9-21(13,2)16(15)8-10-22(17,20)3/h11,15-18,20H,4-10,12H2,1-3H3/t15-,16+,17+,18-,20+,21+,22+/m1/s1. The van der Waals surface area contributed by atoms with Gasteiger partial charge in [0.15, 0.2) is 5.78 Å². The number of allylic oxidation sites excluding steroid dienone is 1. The van der Waals surface area contributed by atoms with Gasteiger partial charge in [-0.1, -0.05) is 26.3 Å². The van der Waals surface area contributed by atoms with Crippen LogP contribution >= 0.6 is 0 Å². The number of carbonyl (C=O) groups excluding carboxylic acids is 2. The molecule has 3 fully saturated rings. The lowest BCUT2D eigenvalue weighted by molar-refractivity contribution is -0.163. The summed E-state index contributed by atoms with van der Waals surface area (Å²) in [5.74, 6) is 1.28. The first-order chi connectivity index (χ1) is 12.3. The summed E-state index contributed by atoms with van der Waals surface area (Å²) in [6, 6.07) is 0. The molecular formula is C22H31FO3. The fourth-order valence-corrected chi connectivity index (χ4v) is 6.92. The lowest BCUT2D eigenvalue weighted by Gasteiger charge is -2.57. The van der Waals surface area contributed by atoms with Crippen molar-refractivity contribution in [1.82, 2.24) is 0 Å². The third-order valence-corrected chi connectivity index (χ3v) is 8.40. The summed E-state index contributed by atoms with van der Waals surface area (Å²) in [6.07, 6.45) is 6.66. The predicted octanol–water partition coefficient (Wildman–Crippen LogP) is 4.79. The number of hydrogen-bond donors (Lipinski definition) is 0. The molecule has 3 nitrogen and oxygen atoms in total. The van der Waals surface area contributed by atoms with Crippen LogP contribution in [0.1, 0.15) is 72.1 Å². The van der Waals surface area contributed by atoms with Crippen molar-refractivity contribution in [2.45, 2.75) is 84.4 Å². The van der Waals surface area contributed by atoms with Crippen LogP contribution < -0.4 is 0 Å². The van der Waals surface area contributed by atoms with Gasteiger partial charge in [0.1, 0.15) is 12.3 Å². The van der Waals surface area contributed by atoms with Crippen molar-refractivity contribution in [3.8, 4) is 0 Å². The van der Waals surface area contributed by atoms with E-state index in [4.69, 9.17) is 4.74 Å². The van der Waals surface area contributed by atoms with Crippen molar-refractivity contribution in [2.75, 3.05) is 0 Å². The fraction of sp³-hybridized carbons (Fsp3) is 0.818. The highest BCUT2D eigenvalue weighted by molar-refractivity contribution is 5.91. The molecule has 0 aromatic carbocycles. The smallest absolute Gasteiger partial charge is 0.305 e. The Balaban J connectivity index is 1.62. The summed E-state index contributed by atoms with van der Waals surface area (Å²) in [4.78, 5) is 23.8. The minimum Gasteiger partial charge on any atom is -0.459 e. The second-order valence-electron chi connectivity index (χ2n) is 9.53. The second kappa shape index (κ2) is 6.17. The van der Waals surface area contributed by atoms with Crippen LogP contribution in [-0.2, 0) is 14.3 Å². The molecule has 7 atom stereocenters. The van der Waals surface area contributed by atoms with E-state index in [-0.39, 0.29) is 28.5 Å². The van der Waals surface area contributed by atoms with Crippen LogP contribution in [0, 0.1) is 28.6 Å². The Morgan fingerprint density at radius 3 is 2.73 bits per heavy atom. The number of ether oxygens (including phenoxy) is 1. The maximum Gasteiger partial charge on any atom is 0.305 e. The summed E-state index contributed by atoms with van der Waals surface area (Å²) < 4.78 is 20.5. The summed E-state index contributed by atoms with van der Waals surface area (Å²) in [7, 11) is 0. The number of hydrogen-bond acceptors (Lipinski definition) is 3. The summed E-state index contributed by atoms with van der Waals surface area (Å²) in [6.45, 7) is 6.25. The Hall–Kier alpha value is -1.19. The lowest BCUT2D eigenvalue weighted by atomic mass is 9.47. The maximum atomic E-state index is 14.9. The average molecular weight is 362 g/mol. The summed E-state index contributed by atoms with van der Waals surface area (Å²) >= 11 is 0. The zero-order valence-corrected chi connectivity index (χ0v) is 16.2. The van der Waals surface area contributed by atoms with Crippen molar-refractivity contribution in [1.29, 1.82) is 0 Å². The third-order valence-electron chi connectivity index (χ3n) is 8.40. The normalized spacial score (nSPS) is 47.5. The van der Waals surface area contributed by atoms with Crippen molar-refractivity contribution >= 4 is 11.8 Å². The number of rotatable bonds is 2. The molecule has 0 N–H and O–H groups in total. The van der Waals surface area contributed by atoms with Gasteiger partial charge in [-0.15, -0.1) is 0 Å². The monoisotopic (exact) mass is 362 g/mol. The number of carbonyl (C=O) groups is 2. The van der Waals surface area contributed by atoms with Crippen LogP contribution in [0.5, 0.6) is 0 Å². The topological polar surface area (TPSA) is 43.4 Å². The second-order valence-corrected chi connectivity index (χ2v) is 9.53. The molecule has 0 aromatic heterocycles. The van der Waals surface area contributed by atoms with E-state index < -0.39 is 12.3 Å². The van der Waals surface area contributed by atoms with Crippen molar-refractivity contribution in [2.24, 2.45) is 28.6 Å². The third kappa shape index (κ3) is 2.51. The van der Waals surface area contributed by atoms with E-state index in [0.717, 1.165) is 32.1 Å². The molecule has 4 heteroatoms. The molecule has 4 rings (SSSR count). The molecule has 0 aromatic rings. The maximum absolute atomic E-state index is 14.9. The predicted molar refractivity (Wildman–Crippen MR) is 97.2 cm³/mol. The van der Waals surface area contributed by atoms with Gasteiger partial charge in [0.2, 0.25) is 0 Å². The largest absolute Gasteiger partial charge is 0.459 e. The van der Waals surface area contributed by atoms with E-state index in [1.54, 1.807) is 6.92 Å². The minimum absolute atomic E-state index is 0.0994. The Morgan fingerprint density at radius 1 is 1.23 bits per heavy atom. The van der Waals surface area contributed by atoms with E-state index in [1.807, 2.05) is 6.08 Å². The first kappa shape index (κ1) is 18.2. The van der Waals surface area contributed by atoms with Crippen LogP contribution in [0.2, 0.25) is 0 Å². The van der Waals surface area contributed by atoms with E-state index in [1.165, 1.54) is 5.57 Å². The Kier molecular flexibility index (Phi) is 4.32. The van der Waals surface area contributed by atoms with E-state index in [2.05, 4.69) is 13.8 Å². The molecule has 0 unspecified atom stereocenters. The molecular weight excluding hydrogens is 331 g/mol. The number of esters is 1. The van der Waals surface area contributed by atoms with Crippen LogP contribution in [0.4, 0.5) is 4.39 Å². The summed E-state index contributed by atoms with van der Waals surface area (Å²) in [5.41, 5.74) is 1.19.